The molecule has 1 heterocycles. The van der Waals surface area contributed by atoms with Crippen LogP contribution >= 0.6 is 0 Å². The second kappa shape index (κ2) is 6.94. The van der Waals surface area contributed by atoms with Crippen LogP contribution in [0.4, 0.5) is 49.6 Å². The molecule has 3 aromatic rings. The second-order valence-electron chi connectivity index (χ2n) is 5.55. The van der Waals surface area contributed by atoms with Gasteiger partial charge >= 0.3 is 0 Å². The smallest absolute Gasteiger partial charge is 0.200 e. The number of hydrogen-bond donors (Lipinski definition) is 1. The first-order valence-electron chi connectivity index (χ1n) is 7.28. The molecule has 0 amide bonds. The molecule has 3 rings (SSSR count). The third kappa shape index (κ3) is 2.95. The zero-order valence-corrected chi connectivity index (χ0v) is 13.5. The number of anilines is 1. The Morgan fingerprint density at radius 3 is 1.28 bits per heavy atom. The summed E-state index contributed by atoms with van der Waals surface area (Å²) in [5.74, 6) is -24.5. The summed E-state index contributed by atoms with van der Waals surface area (Å²) in [5, 5.41) is 0. The van der Waals surface area contributed by atoms with E-state index in [0.717, 1.165) is 0 Å². The standard InChI is InChI=1S/C17H4F10N2/c18-7-5(8(19)12(23)15(26)11(7)22)4-1-3(28)2-29-17(4)6-9(20)13(24)16(27)14(25)10(6)21/h1-2H,28H2. The SMILES string of the molecule is Nc1cnc(-c2c(F)c(F)c(F)c(F)c2F)c(-c2c(F)c(F)c(F)c(F)c2F)c1. The van der Waals surface area contributed by atoms with Crippen molar-refractivity contribution in [3.63, 3.8) is 0 Å². The number of rotatable bonds is 2. The Hall–Kier alpha value is -3.31. The summed E-state index contributed by atoms with van der Waals surface area (Å²) in [5.41, 5.74) is -1.09. The molecule has 0 atom stereocenters. The highest BCUT2D eigenvalue weighted by Crippen LogP contribution is 2.40. The molecule has 2 nitrogen and oxygen atoms in total. The minimum Gasteiger partial charge on any atom is -0.397 e. The van der Waals surface area contributed by atoms with Gasteiger partial charge in [-0.05, 0) is 6.07 Å². The molecular weight excluding hydrogens is 422 g/mol. The fourth-order valence-electron chi connectivity index (χ4n) is 2.52. The van der Waals surface area contributed by atoms with Gasteiger partial charge in [0.2, 0.25) is 11.6 Å². The van der Waals surface area contributed by atoms with Gasteiger partial charge in [-0.2, -0.15) is 0 Å². The summed E-state index contributed by atoms with van der Waals surface area (Å²) in [7, 11) is 0. The third-order valence-corrected chi connectivity index (χ3v) is 3.83. The van der Waals surface area contributed by atoms with Crippen LogP contribution in [0.2, 0.25) is 0 Å². The van der Waals surface area contributed by atoms with E-state index in [9.17, 15) is 43.9 Å². The number of nitrogen functional groups attached to an aromatic ring is 1. The molecule has 152 valence electrons. The molecular formula is C17H4F10N2. The van der Waals surface area contributed by atoms with Crippen molar-refractivity contribution in [2.75, 3.05) is 5.73 Å². The van der Waals surface area contributed by atoms with Gasteiger partial charge in [-0.25, -0.2) is 43.9 Å². The predicted molar refractivity (Wildman–Crippen MR) is 79.1 cm³/mol. The summed E-state index contributed by atoms with van der Waals surface area (Å²) in [6.07, 6.45) is 0.614. The molecule has 0 bridgehead atoms. The van der Waals surface area contributed by atoms with Crippen LogP contribution in [0.1, 0.15) is 0 Å². The van der Waals surface area contributed by atoms with E-state index in [2.05, 4.69) is 4.98 Å². The summed E-state index contributed by atoms with van der Waals surface area (Å²) >= 11 is 0. The van der Waals surface area contributed by atoms with Crippen molar-refractivity contribution in [2.24, 2.45) is 0 Å². The first kappa shape index (κ1) is 20.4. The fourth-order valence-corrected chi connectivity index (χ4v) is 2.52. The van der Waals surface area contributed by atoms with Crippen LogP contribution in [0.5, 0.6) is 0 Å². The molecule has 0 unspecified atom stereocenters. The molecule has 0 aliphatic carbocycles. The lowest BCUT2D eigenvalue weighted by Crippen LogP contribution is -2.09. The van der Waals surface area contributed by atoms with Gasteiger partial charge in [-0.3, -0.25) is 4.98 Å². The highest BCUT2D eigenvalue weighted by molar-refractivity contribution is 5.83. The maximum atomic E-state index is 14.2. The van der Waals surface area contributed by atoms with Crippen molar-refractivity contribution in [1.82, 2.24) is 4.98 Å². The minimum atomic E-state index is -2.53. The Kier molecular flexibility index (Phi) is 4.89. The van der Waals surface area contributed by atoms with E-state index < -0.39 is 86.2 Å². The molecule has 29 heavy (non-hydrogen) atoms. The summed E-state index contributed by atoms with van der Waals surface area (Å²) < 4.78 is 137. The van der Waals surface area contributed by atoms with Gasteiger partial charge in [0.1, 0.15) is 0 Å². The van der Waals surface area contributed by atoms with E-state index in [4.69, 9.17) is 5.73 Å². The van der Waals surface area contributed by atoms with E-state index in [1.807, 2.05) is 0 Å². The summed E-state index contributed by atoms with van der Waals surface area (Å²) in [6, 6.07) is 0.499. The number of benzene rings is 2. The second-order valence-corrected chi connectivity index (χ2v) is 5.55. The number of nitrogens with two attached hydrogens (primary N) is 1. The summed E-state index contributed by atoms with van der Waals surface area (Å²) in [6.45, 7) is 0. The number of hydrogen-bond acceptors (Lipinski definition) is 2. The Balaban J connectivity index is 2.50. The van der Waals surface area contributed by atoms with E-state index in [0.29, 0.717) is 12.3 Å². The molecule has 2 aromatic carbocycles. The first-order chi connectivity index (χ1) is 13.5. The van der Waals surface area contributed by atoms with Gasteiger partial charge in [0.25, 0.3) is 0 Å². The minimum absolute atomic E-state index is 0.475. The van der Waals surface area contributed by atoms with Crippen LogP contribution in [-0.2, 0) is 0 Å². The van der Waals surface area contributed by atoms with Crippen molar-refractivity contribution >= 4 is 5.69 Å². The van der Waals surface area contributed by atoms with Gasteiger partial charge in [0.05, 0.1) is 28.7 Å². The van der Waals surface area contributed by atoms with Gasteiger partial charge in [-0.1, -0.05) is 0 Å². The van der Waals surface area contributed by atoms with E-state index >= 15 is 0 Å². The molecule has 0 saturated carbocycles. The van der Waals surface area contributed by atoms with Crippen molar-refractivity contribution in [1.29, 1.82) is 0 Å². The van der Waals surface area contributed by atoms with Crippen molar-refractivity contribution < 1.29 is 43.9 Å². The summed E-state index contributed by atoms with van der Waals surface area (Å²) in [4.78, 5) is 3.29. The molecule has 2 N–H and O–H groups in total. The van der Waals surface area contributed by atoms with Crippen LogP contribution in [0.3, 0.4) is 0 Å². The molecule has 0 aliphatic heterocycles. The zero-order chi connectivity index (χ0) is 21.8. The lowest BCUT2D eigenvalue weighted by molar-refractivity contribution is 0.380. The largest absolute Gasteiger partial charge is 0.397 e. The van der Waals surface area contributed by atoms with Gasteiger partial charge in [0.15, 0.2) is 46.5 Å². The van der Waals surface area contributed by atoms with Crippen LogP contribution in [0.15, 0.2) is 12.3 Å². The molecule has 0 spiro atoms. The van der Waals surface area contributed by atoms with E-state index in [1.54, 1.807) is 0 Å². The first-order valence-corrected chi connectivity index (χ1v) is 7.28. The number of halogens is 10. The number of pyridine rings is 1. The average Bonchev–Trinajstić information content (AvgIpc) is 2.69. The molecule has 0 radical (unpaired) electrons. The fraction of sp³-hybridized carbons (Fsp3) is 0. The van der Waals surface area contributed by atoms with Gasteiger partial charge in [0, 0.05) is 5.56 Å². The van der Waals surface area contributed by atoms with Gasteiger partial charge < -0.3 is 5.73 Å². The zero-order valence-electron chi connectivity index (χ0n) is 13.5. The van der Waals surface area contributed by atoms with Crippen LogP contribution in [0.25, 0.3) is 22.4 Å². The molecule has 12 heteroatoms. The van der Waals surface area contributed by atoms with Crippen LogP contribution < -0.4 is 5.73 Å². The topological polar surface area (TPSA) is 38.9 Å². The normalized spacial score (nSPS) is 11.2. The van der Waals surface area contributed by atoms with E-state index in [-0.39, 0.29) is 0 Å². The van der Waals surface area contributed by atoms with Crippen LogP contribution in [-0.4, -0.2) is 4.98 Å². The quantitative estimate of drug-likeness (QED) is 0.339. The molecule has 0 fully saturated rings. The van der Waals surface area contributed by atoms with Crippen LogP contribution in [0, 0.1) is 58.2 Å². The Morgan fingerprint density at radius 1 is 0.517 bits per heavy atom. The monoisotopic (exact) mass is 426 g/mol. The average molecular weight is 426 g/mol. The lowest BCUT2D eigenvalue weighted by Gasteiger charge is -2.15. The van der Waals surface area contributed by atoms with Gasteiger partial charge in [-0.15, -0.1) is 0 Å². The maximum Gasteiger partial charge on any atom is 0.200 e. The molecule has 0 saturated heterocycles. The van der Waals surface area contributed by atoms with Crippen molar-refractivity contribution in [3.8, 4) is 22.4 Å². The Morgan fingerprint density at radius 2 is 0.862 bits per heavy atom. The lowest BCUT2D eigenvalue weighted by atomic mass is 9.96. The Bertz CT molecular complexity index is 1120. The number of nitrogens with zero attached hydrogens (tertiary/aromatic N) is 1. The third-order valence-electron chi connectivity index (χ3n) is 3.83. The Labute approximate surface area is 154 Å². The highest BCUT2D eigenvalue weighted by atomic mass is 19.2. The maximum absolute atomic E-state index is 14.2. The molecule has 0 aliphatic rings. The molecule has 1 aromatic heterocycles. The van der Waals surface area contributed by atoms with Crippen molar-refractivity contribution in [2.45, 2.75) is 0 Å². The highest BCUT2D eigenvalue weighted by Gasteiger charge is 2.32. The number of aromatic nitrogens is 1. The van der Waals surface area contributed by atoms with E-state index in [1.165, 1.54) is 0 Å². The predicted octanol–water partition coefficient (Wildman–Crippen LogP) is 5.39. The van der Waals surface area contributed by atoms with Crippen molar-refractivity contribution in [3.05, 3.63) is 70.4 Å².